The van der Waals surface area contributed by atoms with Crippen LogP contribution in [0.4, 0.5) is 0 Å². The van der Waals surface area contributed by atoms with Crippen molar-refractivity contribution in [3.63, 3.8) is 0 Å². The molecule has 23 heavy (non-hydrogen) atoms. The molecule has 3 N–H and O–H groups in total. The van der Waals surface area contributed by atoms with Gasteiger partial charge in [-0.05, 0) is 6.07 Å². The van der Waals surface area contributed by atoms with Crippen LogP contribution in [-0.2, 0) is 0 Å². The van der Waals surface area contributed by atoms with Crippen molar-refractivity contribution < 1.29 is 0 Å². The van der Waals surface area contributed by atoms with Crippen LogP contribution in [-0.4, -0.2) is 9.97 Å². The molecule has 0 saturated carbocycles. The van der Waals surface area contributed by atoms with Gasteiger partial charge in [0, 0.05) is 16.5 Å². The van der Waals surface area contributed by atoms with E-state index in [0.717, 1.165) is 33.5 Å². The molecule has 0 amide bonds. The number of para-hydroxylation sites is 1. The standard InChI is InChI=1S/C20H14N2.H3N/c1-3-9-15(10-4-1)19-17-13-7-8-14-18(17)21-20(22-19)16-11-5-2-6-12-16;/h1-14H;1H3. The minimum absolute atomic E-state index is 0. The highest BCUT2D eigenvalue weighted by Gasteiger charge is 2.10. The van der Waals surface area contributed by atoms with Gasteiger partial charge in [0.15, 0.2) is 5.82 Å². The maximum atomic E-state index is 4.83. The van der Waals surface area contributed by atoms with E-state index in [1.165, 1.54) is 0 Å². The van der Waals surface area contributed by atoms with Crippen molar-refractivity contribution in [1.29, 1.82) is 0 Å². The number of fused-ring (bicyclic) bond motifs is 1. The zero-order valence-corrected chi connectivity index (χ0v) is 12.7. The lowest BCUT2D eigenvalue weighted by atomic mass is 10.1. The van der Waals surface area contributed by atoms with Crippen LogP contribution < -0.4 is 6.15 Å². The predicted octanol–water partition coefficient (Wildman–Crippen LogP) is 5.13. The summed E-state index contributed by atoms with van der Waals surface area (Å²) in [6.07, 6.45) is 0. The van der Waals surface area contributed by atoms with Crippen molar-refractivity contribution in [2.45, 2.75) is 0 Å². The smallest absolute Gasteiger partial charge is 0.160 e. The lowest BCUT2D eigenvalue weighted by Crippen LogP contribution is -1.94. The first-order chi connectivity index (χ1) is 10.9. The first-order valence-electron chi connectivity index (χ1n) is 7.29. The second-order valence-corrected chi connectivity index (χ2v) is 5.15. The lowest BCUT2D eigenvalue weighted by molar-refractivity contribution is 1.23. The van der Waals surface area contributed by atoms with Gasteiger partial charge >= 0.3 is 0 Å². The van der Waals surface area contributed by atoms with E-state index in [2.05, 4.69) is 18.2 Å². The molecular weight excluding hydrogens is 282 g/mol. The average molecular weight is 299 g/mol. The van der Waals surface area contributed by atoms with E-state index < -0.39 is 0 Å². The quantitative estimate of drug-likeness (QED) is 0.558. The van der Waals surface area contributed by atoms with E-state index in [9.17, 15) is 0 Å². The van der Waals surface area contributed by atoms with Crippen molar-refractivity contribution in [2.24, 2.45) is 0 Å². The van der Waals surface area contributed by atoms with Crippen LogP contribution in [0.2, 0.25) is 0 Å². The van der Waals surface area contributed by atoms with Gasteiger partial charge in [-0.3, -0.25) is 0 Å². The molecular formula is C20H17N3. The number of benzene rings is 3. The molecule has 0 aliphatic carbocycles. The molecule has 0 saturated heterocycles. The molecule has 0 unspecified atom stereocenters. The van der Waals surface area contributed by atoms with Crippen LogP contribution in [0.15, 0.2) is 84.9 Å². The van der Waals surface area contributed by atoms with E-state index in [4.69, 9.17) is 9.97 Å². The Bertz CT molecular complexity index is 919. The SMILES string of the molecule is N.c1ccc(-c2nc(-c3ccccc3)c3ccccc3n2)cc1. The van der Waals surface area contributed by atoms with Gasteiger partial charge in [-0.1, -0.05) is 78.9 Å². The molecule has 3 nitrogen and oxygen atoms in total. The molecule has 0 fully saturated rings. The van der Waals surface area contributed by atoms with E-state index in [1.54, 1.807) is 0 Å². The molecule has 0 radical (unpaired) electrons. The van der Waals surface area contributed by atoms with Crippen LogP contribution >= 0.6 is 0 Å². The Hall–Kier alpha value is -3.04. The number of nitrogens with zero attached hydrogens (tertiary/aromatic N) is 2. The highest BCUT2D eigenvalue weighted by Crippen LogP contribution is 2.28. The fourth-order valence-corrected chi connectivity index (χ4v) is 2.61. The first-order valence-corrected chi connectivity index (χ1v) is 7.29. The Morgan fingerprint density at radius 1 is 0.522 bits per heavy atom. The fourth-order valence-electron chi connectivity index (χ4n) is 2.61. The fraction of sp³-hybridized carbons (Fsp3) is 0. The normalized spacial score (nSPS) is 10.3. The number of aromatic nitrogens is 2. The van der Waals surface area contributed by atoms with E-state index >= 15 is 0 Å². The molecule has 0 aliphatic rings. The highest BCUT2D eigenvalue weighted by atomic mass is 14.9. The van der Waals surface area contributed by atoms with Gasteiger partial charge in [0.1, 0.15) is 0 Å². The van der Waals surface area contributed by atoms with Crippen molar-refractivity contribution in [3.05, 3.63) is 84.9 Å². The summed E-state index contributed by atoms with van der Waals surface area (Å²) in [5.74, 6) is 0.762. The summed E-state index contributed by atoms with van der Waals surface area (Å²) in [6, 6.07) is 28.5. The summed E-state index contributed by atoms with van der Waals surface area (Å²) in [5.41, 5.74) is 4.09. The molecule has 4 aromatic rings. The largest absolute Gasteiger partial charge is 0.344 e. The Kier molecular flexibility index (Phi) is 4.13. The highest BCUT2D eigenvalue weighted by molar-refractivity contribution is 5.93. The van der Waals surface area contributed by atoms with Crippen LogP contribution in [0.3, 0.4) is 0 Å². The molecule has 0 aliphatic heterocycles. The summed E-state index contributed by atoms with van der Waals surface area (Å²) in [4.78, 5) is 9.55. The molecule has 3 heteroatoms. The molecule has 3 aromatic carbocycles. The average Bonchev–Trinajstić information content (AvgIpc) is 2.62. The Balaban J connectivity index is 0.00000156. The van der Waals surface area contributed by atoms with Crippen molar-refractivity contribution >= 4 is 10.9 Å². The van der Waals surface area contributed by atoms with Crippen molar-refractivity contribution in [3.8, 4) is 22.6 Å². The van der Waals surface area contributed by atoms with Crippen LogP contribution in [0, 0.1) is 0 Å². The van der Waals surface area contributed by atoms with Gasteiger partial charge in [0.25, 0.3) is 0 Å². The molecule has 0 bridgehead atoms. The topological polar surface area (TPSA) is 60.8 Å². The first kappa shape index (κ1) is 14.9. The van der Waals surface area contributed by atoms with Gasteiger partial charge in [0.05, 0.1) is 11.2 Å². The molecule has 1 aromatic heterocycles. The van der Waals surface area contributed by atoms with Crippen molar-refractivity contribution in [1.82, 2.24) is 16.1 Å². The summed E-state index contributed by atoms with van der Waals surface area (Å²) in [7, 11) is 0. The second kappa shape index (κ2) is 6.38. The third-order valence-corrected chi connectivity index (χ3v) is 3.68. The molecule has 0 atom stereocenters. The number of hydrogen-bond acceptors (Lipinski definition) is 3. The predicted molar refractivity (Wildman–Crippen MR) is 95.4 cm³/mol. The molecule has 4 rings (SSSR count). The summed E-state index contributed by atoms with van der Waals surface area (Å²) < 4.78 is 0. The van der Waals surface area contributed by atoms with Crippen molar-refractivity contribution in [2.75, 3.05) is 0 Å². The monoisotopic (exact) mass is 299 g/mol. The number of hydrogen-bond donors (Lipinski definition) is 1. The zero-order valence-electron chi connectivity index (χ0n) is 12.7. The lowest BCUT2D eigenvalue weighted by Gasteiger charge is -2.09. The maximum absolute atomic E-state index is 4.83. The third kappa shape index (κ3) is 2.82. The minimum atomic E-state index is 0. The Morgan fingerprint density at radius 3 is 1.78 bits per heavy atom. The minimum Gasteiger partial charge on any atom is -0.344 e. The summed E-state index contributed by atoms with van der Waals surface area (Å²) in [6.45, 7) is 0. The molecule has 112 valence electrons. The van der Waals surface area contributed by atoms with Gasteiger partial charge in [-0.15, -0.1) is 0 Å². The van der Waals surface area contributed by atoms with Gasteiger partial charge in [-0.2, -0.15) is 0 Å². The molecule has 1 heterocycles. The van der Waals surface area contributed by atoms with Gasteiger partial charge in [0.2, 0.25) is 0 Å². The van der Waals surface area contributed by atoms with E-state index in [1.807, 2.05) is 66.7 Å². The van der Waals surface area contributed by atoms with E-state index in [-0.39, 0.29) is 6.15 Å². The van der Waals surface area contributed by atoms with Crippen LogP contribution in [0.5, 0.6) is 0 Å². The third-order valence-electron chi connectivity index (χ3n) is 3.68. The Morgan fingerprint density at radius 2 is 1.09 bits per heavy atom. The summed E-state index contributed by atoms with van der Waals surface area (Å²) in [5, 5.41) is 1.08. The summed E-state index contributed by atoms with van der Waals surface area (Å²) >= 11 is 0. The molecule has 0 spiro atoms. The van der Waals surface area contributed by atoms with Gasteiger partial charge < -0.3 is 6.15 Å². The van der Waals surface area contributed by atoms with Crippen LogP contribution in [0.1, 0.15) is 0 Å². The van der Waals surface area contributed by atoms with Gasteiger partial charge in [-0.25, -0.2) is 9.97 Å². The second-order valence-electron chi connectivity index (χ2n) is 5.15. The zero-order chi connectivity index (χ0) is 14.8. The van der Waals surface area contributed by atoms with Crippen LogP contribution in [0.25, 0.3) is 33.5 Å². The number of rotatable bonds is 2. The van der Waals surface area contributed by atoms with E-state index in [0.29, 0.717) is 0 Å². The maximum Gasteiger partial charge on any atom is 0.160 e. The Labute approximate surface area is 135 Å².